The van der Waals surface area contributed by atoms with Gasteiger partial charge in [0.25, 0.3) is 0 Å². The van der Waals surface area contributed by atoms with Gasteiger partial charge in [-0.3, -0.25) is 4.68 Å². The van der Waals surface area contributed by atoms with Gasteiger partial charge in [0.05, 0.1) is 11.1 Å². The van der Waals surface area contributed by atoms with E-state index in [1.807, 2.05) is 18.5 Å². The number of hydrogen-bond donors (Lipinski definition) is 1. The van der Waals surface area contributed by atoms with Gasteiger partial charge in [-0.1, -0.05) is 19.8 Å². The number of unbranched alkanes of at least 4 members (excludes halogenated alkanes) is 1. The first-order valence-corrected chi connectivity index (χ1v) is 6.94. The van der Waals surface area contributed by atoms with Crippen LogP contribution in [-0.4, -0.2) is 19.7 Å². The predicted molar refractivity (Wildman–Crippen MR) is 78.2 cm³/mol. The minimum absolute atomic E-state index is 0.0765. The molecule has 3 heterocycles. The summed E-state index contributed by atoms with van der Waals surface area (Å²) in [6.45, 7) is 6.77. The van der Waals surface area contributed by atoms with Crippen molar-refractivity contribution in [3.05, 3.63) is 24.5 Å². The second-order valence-corrected chi connectivity index (χ2v) is 5.78. The van der Waals surface area contributed by atoms with Gasteiger partial charge >= 0.3 is 0 Å². The van der Waals surface area contributed by atoms with E-state index >= 15 is 0 Å². The van der Waals surface area contributed by atoms with E-state index in [4.69, 9.17) is 0 Å². The van der Waals surface area contributed by atoms with Gasteiger partial charge in [0.15, 0.2) is 5.65 Å². The maximum Gasteiger partial charge on any atom is 0.160 e. The SMILES string of the molecule is CCCCC(C)(C)n1[nH]cc2nc3nccc3cc21. The highest BCUT2D eigenvalue weighted by Crippen LogP contribution is 2.27. The highest BCUT2D eigenvalue weighted by molar-refractivity contribution is 5.89. The number of nitrogens with zero attached hydrogens (tertiary/aromatic N) is 3. The lowest BCUT2D eigenvalue weighted by Crippen LogP contribution is -2.27. The van der Waals surface area contributed by atoms with Crippen molar-refractivity contribution in [3.8, 4) is 0 Å². The van der Waals surface area contributed by atoms with Crippen LogP contribution in [0.5, 0.6) is 0 Å². The fourth-order valence-corrected chi connectivity index (χ4v) is 2.64. The third-order valence-corrected chi connectivity index (χ3v) is 3.81. The molecule has 0 saturated carbocycles. The lowest BCUT2D eigenvalue weighted by Gasteiger charge is -2.27. The van der Waals surface area contributed by atoms with Gasteiger partial charge in [0.1, 0.15) is 5.52 Å². The number of rotatable bonds is 4. The highest BCUT2D eigenvalue weighted by Gasteiger charge is 2.22. The Morgan fingerprint density at radius 3 is 3.00 bits per heavy atom. The molecule has 0 aliphatic heterocycles. The van der Waals surface area contributed by atoms with Gasteiger partial charge in [-0.15, -0.1) is 0 Å². The van der Waals surface area contributed by atoms with Gasteiger partial charge in [0, 0.05) is 17.8 Å². The number of H-pyrrole nitrogens is 1. The number of hydrogen-bond acceptors (Lipinski definition) is 2. The maximum absolute atomic E-state index is 4.59. The van der Waals surface area contributed by atoms with E-state index in [1.54, 1.807) is 0 Å². The summed E-state index contributed by atoms with van der Waals surface area (Å²) in [5, 5.41) is 4.46. The first-order valence-electron chi connectivity index (χ1n) is 6.94. The predicted octanol–water partition coefficient (Wildman–Crippen LogP) is 3.84. The fraction of sp³-hybridized carbons (Fsp3) is 0.467. The molecule has 100 valence electrons. The molecule has 0 bridgehead atoms. The largest absolute Gasteiger partial charge is 0.303 e. The van der Waals surface area contributed by atoms with Crippen LogP contribution in [0.4, 0.5) is 0 Å². The van der Waals surface area contributed by atoms with Crippen molar-refractivity contribution in [2.45, 2.75) is 45.6 Å². The summed E-state index contributed by atoms with van der Waals surface area (Å²) in [5.41, 5.74) is 3.04. The van der Waals surface area contributed by atoms with Gasteiger partial charge in [-0.2, -0.15) is 0 Å². The molecule has 4 heteroatoms. The third-order valence-electron chi connectivity index (χ3n) is 3.81. The van der Waals surface area contributed by atoms with Crippen LogP contribution in [0.3, 0.4) is 0 Å². The summed E-state index contributed by atoms with van der Waals surface area (Å²) >= 11 is 0. The summed E-state index contributed by atoms with van der Waals surface area (Å²) in [4.78, 5) is 8.84. The number of aromatic nitrogens is 4. The molecule has 0 amide bonds. The zero-order valence-corrected chi connectivity index (χ0v) is 11.8. The van der Waals surface area contributed by atoms with E-state index < -0.39 is 0 Å². The van der Waals surface area contributed by atoms with Gasteiger partial charge in [-0.05, 0) is 32.4 Å². The van der Waals surface area contributed by atoms with Crippen LogP contribution in [0, 0.1) is 0 Å². The molecular weight excluding hydrogens is 236 g/mol. The summed E-state index contributed by atoms with van der Waals surface area (Å²) in [7, 11) is 0. The minimum atomic E-state index is 0.0765. The van der Waals surface area contributed by atoms with Gasteiger partial charge < -0.3 is 5.10 Å². The Hall–Kier alpha value is -1.84. The van der Waals surface area contributed by atoms with Gasteiger partial charge in [-0.25, -0.2) is 9.97 Å². The second kappa shape index (κ2) is 4.37. The average Bonchev–Trinajstić information content (AvgIpc) is 2.98. The van der Waals surface area contributed by atoms with Crippen molar-refractivity contribution in [3.63, 3.8) is 0 Å². The molecule has 0 atom stereocenters. The quantitative estimate of drug-likeness (QED) is 0.771. The third kappa shape index (κ3) is 2.01. The van der Waals surface area contributed by atoms with Crippen LogP contribution < -0.4 is 0 Å². The van der Waals surface area contributed by atoms with E-state index in [0.29, 0.717) is 0 Å². The van der Waals surface area contributed by atoms with Crippen LogP contribution in [0.2, 0.25) is 0 Å². The number of aromatic amines is 1. The molecule has 0 unspecified atom stereocenters. The summed E-state index contributed by atoms with van der Waals surface area (Å²) in [6, 6.07) is 4.19. The molecule has 1 N–H and O–H groups in total. The Morgan fingerprint density at radius 1 is 1.37 bits per heavy atom. The van der Waals surface area contributed by atoms with Crippen molar-refractivity contribution in [2.75, 3.05) is 0 Å². The fourth-order valence-electron chi connectivity index (χ4n) is 2.64. The van der Waals surface area contributed by atoms with Crippen molar-refractivity contribution in [2.24, 2.45) is 0 Å². The molecule has 3 rings (SSSR count). The van der Waals surface area contributed by atoms with E-state index in [2.05, 4.69) is 46.6 Å². The first-order chi connectivity index (χ1) is 9.12. The number of nitrogens with one attached hydrogen (secondary N) is 1. The van der Waals surface area contributed by atoms with Crippen molar-refractivity contribution in [1.82, 2.24) is 19.7 Å². The van der Waals surface area contributed by atoms with E-state index in [1.165, 1.54) is 12.8 Å². The minimum Gasteiger partial charge on any atom is -0.303 e. The van der Waals surface area contributed by atoms with Crippen LogP contribution in [0.25, 0.3) is 22.1 Å². The zero-order valence-electron chi connectivity index (χ0n) is 11.8. The monoisotopic (exact) mass is 256 g/mol. The van der Waals surface area contributed by atoms with E-state index in [0.717, 1.165) is 28.5 Å². The highest BCUT2D eigenvalue weighted by atomic mass is 15.3. The Bertz CT molecular complexity index is 705. The first kappa shape index (κ1) is 12.2. The lowest BCUT2D eigenvalue weighted by atomic mass is 9.97. The molecular formula is C15H20N4. The Morgan fingerprint density at radius 2 is 2.21 bits per heavy atom. The van der Waals surface area contributed by atoms with Crippen LogP contribution in [0.1, 0.15) is 40.0 Å². The standard InChI is InChI=1S/C15H20N4/c1-4-5-7-15(2,3)19-13-9-11-6-8-16-14(11)18-12(13)10-17-19/h6,8-10,17H,4-5,7H2,1-3H3. The van der Waals surface area contributed by atoms with Crippen molar-refractivity contribution < 1.29 is 0 Å². The maximum atomic E-state index is 4.59. The van der Waals surface area contributed by atoms with Crippen LogP contribution >= 0.6 is 0 Å². The molecule has 0 spiro atoms. The molecule has 4 nitrogen and oxygen atoms in total. The average molecular weight is 256 g/mol. The van der Waals surface area contributed by atoms with E-state index in [-0.39, 0.29) is 5.54 Å². The number of pyridine rings is 1. The molecule has 19 heavy (non-hydrogen) atoms. The summed E-state index contributed by atoms with van der Waals surface area (Å²) in [6.07, 6.45) is 7.39. The topological polar surface area (TPSA) is 46.5 Å². The summed E-state index contributed by atoms with van der Waals surface area (Å²) < 4.78 is 2.23. The molecule has 0 aliphatic rings. The second-order valence-electron chi connectivity index (χ2n) is 5.78. The lowest BCUT2D eigenvalue weighted by molar-refractivity contribution is 0.297. The molecule has 0 fully saturated rings. The van der Waals surface area contributed by atoms with Crippen molar-refractivity contribution in [1.29, 1.82) is 0 Å². The summed E-state index contributed by atoms with van der Waals surface area (Å²) in [5.74, 6) is 0. The molecule has 0 radical (unpaired) electrons. The molecule has 0 saturated heterocycles. The molecule has 0 aromatic carbocycles. The molecule has 0 aliphatic carbocycles. The smallest absolute Gasteiger partial charge is 0.160 e. The zero-order chi connectivity index (χ0) is 13.5. The normalized spacial score (nSPS) is 12.6. The van der Waals surface area contributed by atoms with E-state index in [9.17, 15) is 0 Å². The van der Waals surface area contributed by atoms with Crippen molar-refractivity contribution >= 4 is 22.1 Å². The molecule has 3 aromatic rings. The number of fused-ring (bicyclic) bond motifs is 2. The Balaban J connectivity index is 2.12. The Kier molecular flexibility index (Phi) is 2.81. The van der Waals surface area contributed by atoms with Crippen LogP contribution in [-0.2, 0) is 5.54 Å². The van der Waals surface area contributed by atoms with Crippen LogP contribution in [0.15, 0.2) is 24.5 Å². The van der Waals surface area contributed by atoms with Gasteiger partial charge in [0.2, 0.25) is 0 Å². The molecule has 3 aromatic heterocycles. The Labute approximate surface area is 112 Å².